The summed E-state index contributed by atoms with van der Waals surface area (Å²) in [4.78, 5) is 18.8. The van der Waals surface area contributed by atoms with E-state index < -0.39 is 0 Å². The monoisotopic (exact) mass is 395 g/mol. The van der Waals surface area contributed by atoms with E-state index >= 15 is 0 Å². The van der Waals surface area contributed by atoms with Crippen LogP contribution in [0, 0.1) is 0 Å². The Bertz CT molecular complexity index is 561. The molecule has 1 fully saturated rings. The number of nitrogens with two attached hydrogens (primary N) is 1. The van der Waals surface area contributed by atoms with Gasteiger partial charge in [0.25, 0.3) is 5.91 Å². The van der Waals surface area contributed by atoms with Crippen LogP contribution in [0.1, 0.15) is 30.1 Å². The molecule has 1 aliphatic rings. The van der Waals surface area contributed by atoms with Crippen molar-refractivity contribution in [1.82, 2.24) is 15.5 Å². The number of benzene rings is 1. The van der Waals surface area contributed by atoms with Gasteiger partial charge >= 0.3 is 0 Å². The lowest BCUT2D eigenvalue weighted by molar-refractivity contribution is 0.0954. The molecule has 0 radical (unpaired) electrons. The summed E-state index contributed by atoms with van der Waals surface area (Å²) in [6.07, 6.45) is 2.43. The third kappa shape index (κ3) is 5.79. The molecule has 1 amide bonds. The zero-order valence-electron chi connectivity index (χ0n) is 14.1. The first kappa shape index (κ1) is 18.7. The number of likely N-dealkylation sites (N-methyl/N-ethyl adjacent to an activating group) is 1. The fourth-order valence-corrected chi connectivity index (χ4v) is 3.11. The van der Waals surface area contributed by atoms with Gasteiger partial charge in [-0.25, -0.2) is 0 Å². The average molecular weight is 396 g/mol. The second-order valence-electron chi connectivity index (χ2n) is 5.84. The van der Waals surface area contributed by atoms with Crippen molar-refractivity contribution in [3.05, 3.63) is 34.3 Å². The molecular formula is C17H26BrN5O. The van der Waals surface area contributed by atoms with Crippen molar-refractivity contribution in [2.24, 2.45) is 10.7 Å². The van der Waals surface area contributed by atoms with Gasteiger partial charge < -0.3 is 16.4 Å². The zero-order valence-corrected chi connectivity index (χ0v) is 15.7. The van der Waals surface area contributed by atoms with Gasteiger partial charge in [-0.2, -0.15) is 0 Å². The molecule has 1 saturated heterocycles. The minimum absolute atomic E-state index is 0.0932. The fraction of sp³-hybridized carbons (Fsp3) is 0.529. The van der Waals surface area contributed by atoms with E-state index in [9.17, 15) is 4.79 Å². The molecule has 4 N–H and O–H groups in total. The van der Waals surface area contributed by atoms with Crippen molar-refractivity contribution in [1.29, 1.82) is 0 Å². The van der Waals surface area contributed by atoms with Gasteiger partial charge in [-0.3, -0.25) is 14.7 Å². The highest BCUT2D eigenvalue weighted by atomic mass is 79.9. The Kier molecular flexibility index (Phi) is 7.52. The highest BCUT2D eigenvalue weighted by Gasteiger charge is 2.22. The predicted molar refractivity (Wildman–Crippen MR) is 101 cm³/mol. The normalized spacial score (nSPS) is 18.6. The van der Waals surface area contributed by atoms with Crippen LogP contribution in [0.2, 0.25) is 0 Å². The SMILES string of the molecule is CCN1CCCC1CN=C(N)NCCNC(=O)c1ccc(Br)cc1. The molecule has 1 atom stereocenters. The smallest absolute Gasteiger partial charge is 0.251 e. The van der Waals surface area contributed by atoms with E-state index in [1.165, 1.54) is 12.8 Å². The summed E-state index contributed by atoms with van der Waals surface area (Å²) < 4.78 is 0.952. The Hall–Kier alpha value is -1.60. The van der Waals surface area contributed by atoms with Crippen LogP contribution in [-0.4, -0.2) is 55.5 Å². The van der Waals surface area contributed by atoms with Crippen LogP contribution in [-0.2, 0) is 0 Å². The summed E-state index contributed by atoms with van der Waals surface area (Å²) in [5.41, 5.74) is 6.53. The van der Waals surface area contributed by atoms with Gasteiger partial charge in [0.15, 0.2) is 5.96 Å². The number of likely N-dealkylation sites (tertiary alicyclic amines) is 1. The molecule has 0 bridgehead atoms. The number of carbonyl (C=O) groups is 1. The molecule has 0 saturated carbocycles. The maximum Gasteiger partial charge on any atom is 0.251 e. The van der Waals surface area contributed by atoms with Crippen LogP contribution in [0.5, 0.6) is 0 Å². The van der Waals surface area contributed by atoms with Crippen LogP contribution in [0.4, 0.5) is 0 Å². The van der Waals surface area contributed by atoms with Gasteiger partial charge in [-0.1, -0.05) is 22.9 Å². The Morgan fingerprint density at radius 1 is 1.33 bits per heavy atom. The highest BCUT2D eigenvalue weighted by Crippen LogP contribution is 2.16. The largest absolute Gasteiger partial charge is 0.370 e. The number of rotatable bonds is 7. The van der Waals surface area contributed by atoms with Gasteiger partial charge in [0.05, 0.1) is 6.54 Å². The number of nitrogens with one attached hydrogen (secondary N) is 2. The van der Waals surface area contributed by atoms with Crippen molar-refractivity contribution in [3.8, 4) is 0 Å². The van der Waals surface area contributed by atoms with E-state index in [0.29, 0.717) is 30.7 Å². The maximum atomic E-state index is 11.9. The molecule has 6 nitrogen and oxygen atoms in total. The molecule has 24 heavy (non-hydrogen) atoms. The molecule has 0 aliphatic carbocycles. The van der Waals surface area contributed by atoms with Gasteiger partial charge in [0.1, 0.15) is 0 Å². The molecular weight excluding hydrogens is 370 g/mol. The van der Waals surface area contributed by atoms with Crippen molar-refractivity contribution < 1.29 is 4.79 Å². The zero-order chi connectivity index (χ0) is 17.4. The summed E-state index contributed by atoms with van der Waals surface area (Å²) in [7, 11) is 0. The number of nitrogens with zero attached hydrogens (tertiary/aromatic N) is 2. The molecule has 1 unspecified atom stereocenters. The lowest BCUT2D eigenvalue weighted by Crippen LogP contribution is -2.39. The van der Waals surface area contributed by atoms with Gasteiger partial charge in [0.2, 0.25) is 0 Å². The highest BCUT2D eigenvalue weighted by molar-refractivity contribution is 9.10. The van der Waals surface area contributed by atoms with Crippen molar-refractivity contribution >= 4 is 27.8 Å². The number of carbonyl (C=O) groups excluding carboxylic acids is 1. The van der Waals surface area contributed by atoms with Crippen LogP contribution >= 0.6 is 15.9 Å². The second-order valence-corrected chi connectivity index (χ2v) is 6.76. The minimum Gasteiger partial charge on any atom is -0.370 e. The van der Waals surface area contributed by atoms with E-state index in [1.807, 2.05) is 12.1 Å². The third-order valence-electron chi connectivity index (χ3n) is 4.20. The standard InChI is InChI=1S/C17H26BrN5O/c1-2-23-11-3-4-15(23)12-22-17(19)21-10-9-20-16(24)13-5-7-14(18)8-6-13/h5-8,15H,2-4,9-12H2,1H3,(H,20,24)(H3,19,21,22). The average Bonchev–Trinajstić information content (AvgIpc) is 3.05. The fourth-order valence-electron chi connectivity index (χ4n) is 2.85. The summed E-state index contributed by atoms with van der Waals surface area (Å²) >= 11 is 3.35. The first-order chi connectivity index (χ1) is 11.6. The molecule has 0 aromatic heterocycles. The van der Waals surface area contributed by atoms with Gasteiger partial charge in [-0.05, 0) is 50.2 Å². The van der Waals surface area contributed by atoms with Gasteiger partial charge in [-0.15, -0.1) is 0 Å². The lowest BCUT2D eigenvalue weighted by atomic mass is 10.2. The van der Waals surface area contributed by atoms with Crippen LogP contribution < -0.4 is 16.4 Å². The Morgan fingerprint density at radius 2 is 2.04 bits per heavy atom. The quantitative estimate of drug-likeness (QED) is 0.371. The lowest BCUT2D eigenvalue weighted by Gasteiger charge is -2.20. The number of aliphatic imine (C=N–C) groups is 1. The Labute approximate surface area is 152 Å². The molecule has 0 spiro atoms. The van der Waals surface area contributed by atoms with Crippen LogP contribution in [0.25, 0.3) is 0 Å². The molecule has 1 heterocycles. The second kappa shape index (κ2) is 9.64. The van der Waals surface area contributed by atoms with Crippen LogP contribution in [0.15, 0.2) is 33.7 Å². The summed E-state index contributed by atoms with van der Waals surface area (Å²) in [6, 6.07) is 7.77. The Morgan fingerprint density at radius 3 is 2.75 bits per heavy atom. The minimum atomic E-state index is -0.0932. The van der Waals surface area contributed by atoms with E-state index in [0.717, 1.165) is 24.1 Å². The van der Waals surface area contributed by atoms with Gasteiger partial charge in [0, 0.05) is 29.2 Å². The molecule has 2 rings (SSSR count). The third-order valence-corrected chi connectivity index (χ3v) is 4.73. The van der Waals surface area contributed by atoms with E-state index in [4.69, 9.17) is 5.73 Å². The van der Waals surface area contributed by atoms with Crippen molar-refractivity contribution in [2.45, 2.75) is 25.8 Å². The first-order valence-electron chi connectivity index (χ1n) is 8.41. The number of guanidine groups is 1. The number of hydrogen-bond donors (Lipinski definition) is 3. The summed E-state index contributed by atoms with van der Waals surface area (Å²) in [6.45, 7) is 6.19. The molecule has 1 aromatic carbocycles. The predicted octanol–water partition coefficient (Wildman–Crippen LogP) is 1.57. The summed E-state index contributed by atoms with van der Waals surface area (Å²) in [5, 5.41) is 5.89. The Balaban J connectivity index is 1.65. The first-order valence-corrected chi connectivity index (χ1v) is 9.21. The number of halogens is 1. The molecule has 1 aromatic rings. The summed E-state index contributed by atoms with van der Waals surface area (Å²) in [5.74, 6) is 0.347. The molecule has 7 heteroatoms. The topological polar surface area (TPSA) is 82.8 Å². The number of hydrogen-bond acceptors (Lipinski definition) is 3. The van der Waals surface area contributed by atoms with E-state index in [2.05, 4.69) is 43.4 Å². The molecule has 132 valence electrons. The molecule has 1 aliphatic heterocycles. The number of amides is 1. The maximum absolute atomic E-state index is 11.9. The van der Waals surface area contributed by atoms with Crippen molar-refractivity contribution in [3.63, 3.8) is 0 Å². The van der Waals surface area contributed by atoms with E-state index in [-0.39, 0.29) is 5.91 Å². The van der Waals surface area contributed by atoms with Crippen molar-refractivity contribution in [2.75, 3.05) is 32.7 Å². The van der Waals surface area contributed by atoms with Crippen LogP contribution in [0.3, 0.4) is 0 Å². The van der Waals surface area contributed by atoms with E-state index in [1.54, 1.807) is 12.1 Å².